The van der Waals surface area contributed by atoms with E-state index in [-0.39, 0.29) is 35.1 Å². The summed E-state index contributed by atoms with van der Waals surface area (Å²) in [7, 11) is 1.70. The number of amides is 1. The zero-order valence-corrected chi connectivity index (χ0v) is 16.9. The lowest BCUT2D eigenvalue weighted by Crippen LogP contribution is -2.43. The Morgan fingerprint density at radius 1 is 1.28 bits per heavy atom. The van der Waals surface area contributed by atoms with Crippen molar-refractivity contribution in [1.29, 1.82) is 0 Å². The van der Waals surface area contributed by atoms with Gasteiger partial charge in [0.25, 0.3) is 12.1 Å². The molecule has 4 rings (SSSR count). The Hall–Kier alpha value is -2.09. The van der Waals surface area contributed by atoms with Crippen molar-refractivity contribution in [3.8, 4) is 0 Å². The second-order valence-corrected chi connectivity index (χ2v) is 8.21. The van der Waals surface area contributed by atoms with E-state index in [1.807, 2.05) is 4.90 Å². The van der Waals surface area contributed by atoms with Crippen LogP contribution in [0.2, 0.25) is 0 Å². The maximum atomic E-state index is 13.6. The number of pyridine rings is 1. The molecule has 1 aliphatic heterocycles. The number of methoxy groups -OCH3 is 1. The van der Waals surface area contributed by atoms with Crippen LogP contribution < -0.4 is 0 Å². The van der Waals surface area contributed by atoms with Gasteiger partial charge in [-0.15, -0.1) is 0 Å². The summed E-state index contributed by atoms with van der Waals surface area (Å²) in [6, 6.07) is 1.49. The first kappa shape index (κ1) is 20.2. The van der Waals surface area contributed by atoms with E-state index < -0.39 is 6.43 Å². The minimum Gasteiger partial charge on any atom is -0.381 e. The van der Waals surface area contributed by atoms with Crippen molar-refractivity contribution in [2.45, 2.75) is 63.9 Å². The highest BCUT2D eigenvalue weighted by Crippen LogP contribution is 2.35. The number of rotatable bonds is 4. The number of likely N-dealkylation sites (tertiary alicyclic amines) is 1. The SMILES string of the molecule is CO[C@H]1CCC[C@H](C(=O)N2CCC(c3cc(C(F)F)c4c(C)noc4n3)CC2)C1. The normalized spacial score (nSPS) is 23.8. The van der Waals surface area contributed by atoms with Gasteiger partial charge >= 0.3 is 0 Å². The van der Waals surface area contributed by atoms with Gasteiger partial charge in [0.1, 0.15) is 0 Å². The third kappa shape index (κ3) is 3.99. The molecule has 0 bridgehead atoms. The van der Waals surface area contributed by atoms with Gasteiger partial charge in [-0.1, -0.05) is 11.6 Å². The monoisotopic (exact) mass is 407 g/mol. The number of carbonyl (C=O) groups excluding carboxylic acids is 1. The molecule has 2 atom stereocenters. The molecule has 0 radical (unpaired) electrons. The Bertz CT molecular complexity index is 877. The molecule has 0 N–H and O–H groups in total. The molecule has 2 aromatic rings. The predicted octanol–water partition coefficient (Wildman–Crippen LogP) is 4.38. The van der Waals surface area contributed by atoms with E-state index in [4.69, 9.17) is 9.26 Å². The highest BCUT2D eigenvalue weighted by molar-refractivity contribution is 5.81. The van der Waals surface area contributed by atoms with E-state index in [0.717, 1.165) is 25.7 Å². The van der Waals surface area contributed by atoms with Crippen LogP contribution in [0.1, 0.15) is 67.8 Å². The van der Waals surface area contributed by atoms with E-state index in [2.05, 4.69) is 10.1 Å². The number of ether oxygens (including phenoxy) is 1. The maximum absolute atomic E-state index is 13.6. The first-order valence-electron chi connectivity index (χ1n) is 10.3. The van der Waals surface area contributed by atoms with Crippen LogP contribution in [0.4, 0.5) is 8.78 Å². The number of nitrogens with zero attached hydrogens (tertiary/aromatic N) is 3. The van der Waals surface area contributed by atoms with Crippen molar-refractivity contribution in [3.05, 3.63) is 23.0 Å². The molecule has 0 spiro atoms. The van der Waals surface area contributed by atoms with Crippen LogP contribution >= 0.6 is 0 Å². The molecule has 8 heteroatoms. The van der Waals surface area contributed by atoms with E-state index >= 15 is 0 Å². The number of carbonyl (C=O) groups is 1. The van der Waals surface area contributed by atoms with Crippen molar-refractivity contribution in [2.24, 2.45) is 5.92 Å². The first-order chi connectivity index (χ1) is 14.0. The lowest BCUT2D eigenvalue weighted by Gasteiger charge is -2.36. The predicted molar refractivity (Wildman–Crippen MR) is 103 cm³/mol. The van der Waals surface area contributed by atoms with Crippen molar-refractivity contribution >= 4 is 17.0 Å². The number of alkyl halides is 2. The highest BCUT2D eigenvalue weighted by atomic mass is 19.3. The summed E-state index contributed by atoms with van der Waals surface area (Å²) < 4.78 is 37.8. The Kier molecular flexibility index (Phi) is 5.81. The molecule has 1 saturated carbocycles. The molecule has 0 aromatic carbocycles. The quantitative estimate of drug-likeness (QED) is 0.752. The number of halogens is 2. The Balaban J connectivity index is 1.45. The standard InChI is InChI=1S/C21H27F2N3O3/c1-12-18-16(19(22)23)11-17(24-20(18)29-25-12)13-6-8-26(9-7-13)21(27)14-4-3-5-15(10-14)28-2/h11,13-15,19H,3-10H2,1-2H3/t14-,15-/m0/s1. The minimum atomic E-state index is -2.61. The summed E-state index contributed by atoms with van der Waals surface area (Å²) in [5.74, 6) is 0.263. The summed E-state index contributed by atoms with van der Waals surface area (Å²) in [6.45, 7) is 2.89. The number of hydrogen-bond acceptors (Lipinski definition) is 5. The third-order valence-electron chi connectivity index (χ3n) is 6.44. The molecule has 158 valence electrons. The van der Waals surface area contributed by atoms with Crippen LogP contribution in [-0.4, -0.2) is 47.3 Å². The fourth-order valence-corrected chi connectivity index (χ4v) is 4.77. The van der Waals surface area contributed by atoms with E-state index in [9.17, 15) is 13.6 Å². The van der Waals surface area contributed by atoms with E-state index in [1.165, 1.54) is 6.07 Å². The molecule has 1 amide bonds. The summed E-state index contributed by atoms with van der Waals surface area (Å²) >= 11 is 0. The summed E-state index contributed by atoms with van der Waals surface area (Å²) in [5.41, 5.74) is 1.13. The third-order valence-corrected chi connectivity index (χ3v) is 6.44. The molecular formula is C21H27F2N3O3. The first-order valence-corrected chi connectivity index (χ1v) is 10.3. The molecule has 29 heavy (non-hydrogen) atoms. The smallest absolute Gasteiger partial charge is 0.264 e. The molecule has 2 fully saturated rings. The van der Waals surface area contributed by atoms with E-state index in [0.29, 0.717) is 42.7 Å². The van der Waals surface area contributed by atoms with Gasteiger partial charge in [-0.05, 0) is 45.1 Å². The van der Waals surface area contributed by atoms with E-state index in [1.54, 1.807) is 14.0 Å². The van der Waals surface area contributed by atoms with Gasteiger partial charge in [-0.2, -0.15) is 0 Å². The van der Waals surface area contributed by atoms with Crippen molar-refractivity contribution in [1.82, 2.24) is 15.0 Å². The Morgan fingerprint density at radius 2 is 2.03 bits per heavy atom. The average Bonchev–Trinajstić information content (AvgIpc) is 3.13. The summed E-state index contributed by atoms with van der Waals surface area (Å²) in [6.07, 6.45) is 2.71. The van der Waals surface area contributed by atoms with Gasteiger partial charge < -0.3 is 14.2 Å². The van der Waals surface area contributed by atoms with Crippen LogP contribution in [0.25, 0.3) is 11.1 Å². The number of piperidine rings is 1. The van der Waals surface area contributed by atoms with Crippen molar-refractivity contribution < 1.29 is 22.8 Å². The maximum Gasteiger partial charge on any atom is 0.264 e. The topological polar surface area (TPSA) is 68.5 Å². The van der Waals surface area contributed by atoms with Crippen molar-refractivity contribution in [2.75, 3.05) is 20.2 Å². The Morgan fingerprint density at radius 3 is 2.72 bits per heavy atom. The highest BCUT2D eigenvalue weighted by Gasteiger charge is 2.33. The largest absolute Gasteiger partial charge is 0.381 e. The van der Waals surface area contributed by atoms with Gasteiger partial charge in [0.05, 0.1) is 17.2 Å². The number of aromatic nitrogens is 2. The van der Waals surface area contributed by atoms with Crippen LogP contribution in [0.5, 0.6) is 0 Å². The average molecular weight is 407 g/mol. The molecule has 1 aliphatic carbocycles. The number of fused-ring (bicyclic) bond motifs is 1. The number of aryl methyl sites for hydroxylation is 1. The number of hydrogen-bond donors (Lipinski definition) is 0. The summed E-state index contributed by atoms with van der Waals surface area (Å²) in [5, 5.41) is 4.10. The molecule has 2 aliphatic rings. The lowest BCUT2D eigenvalue weighted by atomic mass is 9.85. The van der Waals surface area contributed by atoms with Gasteiger partial charge in [-0.25, -0.2) is 13.8 Å². The second kappa shape index (κ2) is 8.34. The molecular weight excluding hydrogens is 380 g/mol. The molecule has 6 nitrogen and oxygen atoms in total. The van der Waals surface area contributed by atoms with Gasteiger partial charge in [0.2, 0.25) is 5.91 Å². The molecule has 0 unspecified atom stereocenters. The minimum absolute atomic E-state index is 0.0299. The van der Waals surface area contributed by atoms with Crippen LogP contribution in [0, 0.1) is 12.8 Å². The van der Waals surface area contributed by atoms with Crippen LogP contribution in [0.15, 0.2) is 10.6 Å². The van der Waals surface area contributed by atoms with Gasteiger partial charge in [0, 0.05) is 43.3 Å². The second-order valence-electron chi connectivity index (χ2n) is 8.21. The van der Waals surface area contributed by atoms with Crippen LogP contribution in [-0.2, 0) is 9.53 Å². The molecule has 3 heterocycles. The Labute approximate surface area is 168 Å². The van der Waals surface area contributed by atoms with Crippen LogP contribution in [0.3, 0.4) is 0 Å². The molecule has 2 aromatic heterocycles. The van der Waals surface area contributed by atoms with Gasteiger partial charge in [-0.3, -0.25) is 4.79 Å². The fourth-order valence-electron chi connectivity index (χ4n) is 4.77. The van der Waals surface area contributed by atoms with Crippen molar-refractivity contribution in [3.63, 3.8) is 0 Å². The lowest BCUT2D eigenvalue weighted by molar-refractivity contribution is -0.139. The summed E-state index contributed by atoms with van der Waals surface area (Å²) in [4.78, 5) is 19.3. The fraction of sp³-hybridized carbons (Fsp3) is 0.667. The molecule has 1 saturated heterocycles. The van der Waals surface area contributed by atoms with Gasteiger partial charge in [0.15, 0.2) is 0 Å². The zero-order valence-electron chi connectivity index (χ0n) is 16.9. The zero-order chi connectivity index (χ0) is 20.5.